The molecule has 5 unspecified atom stereocenters. The van der Waals surface area contributed by atoms with Gasteiger partial charge in [-0.25, -0.2) is 0 Å². The third kappa shape index (κ3) is 4.73. The first kappa shape index (κ1) is 25.8. The number of carbonyl (C=O) groups excluding carboxylic acids is 4. The van der Waals surface area contributed by atoms with Crippen LogP contribution in [0, 0.1) is 23.7 Å². The van der Waals surface area contributed by atoms with E-state index in [1.165, 1.54) is 41.3 Å². The van der Waals surface area contributed by atoms with Crippen LogP contribution < -0.4 is 0 Å². The Kier molecular flexibility index (Phi) is 6.86. The van der Waals surface area contributed by atoms with Gasteiger partial charge in [0.25, 0.3) is 0 Å². The van der Waals surface area contributed by atoms with E-state index >= 15 is 0 Å². The second-order valence-corrected chi connectivity index (χ2v) is 10.8. The van der Waals surface area contributed by atoms with Crippen molar-refractivity contribution < 1.29 is 39.6 Å². The zero-order chi connectivity index (χ0) is 27.1. The molecule has 9 heteroatoms. The standard InChI is InChI=1S/C29H31NO8/c31-19-7-5-15(23(33)13-19)9-17-11-25(35)27(28(17)37)21-3-1-2-4-22(21)30-26(36)12-18(29(30)38)10-16-6-8-20(32)14-24(16)34/h5-8,13-14,17-18,21-22,27,31-34H,1-4,9-12H2. The normalized spacial score (nSPS) is 27.9. The van der Waals surface area contributed by atoms with Crippen LogP contribution in [0.25, 0.3) is 0 Å². The zero-order valence-corrected chi connectivity index (χ0v) is 20.9. The molecule has 2 aromatic carbocycles. The van der Waals surface area contributed by atoms with Crippen molar-refractivity contribution in [3.8, 4) is 23.0 Å². The van der Waals surface area contributed by atoms with Crippen LogP contribution in [0.5, 0.6) is 23.0 Å². The average Bonchev–Trinajstić information content (AvgIpc) is 3.30. The topological polar surface area (TPSA) is 152 Å². The van der Waals surface area contributed by atoms with E-state index in [-0.39, 0.29) is 72.1 Å². The Labute approximate surface area is 219 Å². The fourth-order valence-corrected chi connectivity index (χ4v) is 6.56. The molecule has 2 aromatic rings. The lowest BCUT2D eigenvalue weighted by Crippen LogP contribution is -2.50. The van der Waals surface area contributed by atoms with Gasteiger partial charge >= 0.3 is 0 Å². The molecule has 1 aliphatic heterocycles. The predicted octanol–water partition coefficient (Wildman–Crippen LogP) is 3.00. The van der Waals surface area contributed by atoms with Crippen molar-refractivity contribution >= 4 is 23.4 Å². The number of benzene rings is 2. The number of nitrogens with zero attached hydrogens (tertiary/aromatic N) is 1. The number of imide groups is 1. The van der Waals surface area contributed by atoms with Crippen molar-refractivity contribution in [2.75, 3.05) is 0 Å². The molecule has 38 heavy (non-hydrogen) atoms. The number of phenols is 4. The van der Waals surface area contributed by atoms with Crippen LogP contribution >= 0.6 is 0 Å². The molecule has 0 radical (unpaired) electrons. The van der Waals surface area contributed by atoms with Crippen LogP contribution in [0.4, 0.5) is 0 Å². The average molecular weight is 522 g/mol. The van der Waals surface area contributed by atoms with Gasteiger partial charge < -0.3 is 20.4 Å². The lowest BCUT2D eigenvalue weighted by atomic mass is 9.73. The van der Waals surface area contributed by atoms with Gasteiger partial charge in [-0.15, -0.1) is 0 Å². The van der Waals surface area contributed by atoms with Crippen LogP contribution in [0.2, 0.25) is 0 Å². The molecule has 200 valence electrons. The van der Waals surface area contributed by atoms with Gasteiger partial charge in [0.1, 0.15) is 34.6 Å². The predicted molar refractivity (Wildman–Crippen MR) is 134 cm³/mol. The molecule has 9 nitrogen and oxygen atoms in total. The molecular weight excluding hydrogens is 490 g/mol. The first-order valence-corrected chi connectivity index (χ1v) is 13.1. The Hall–Kier alpha value is -3.88. The van der Waals surface area contributed by atoms with Crippen molar-refractivity contribution in [3.05, 3.63) is 47.5 Å². The summed E-state index contributed by atoms with van der Waals surface area (Å²) in [5, 5.41) is 39.4. The minimum Gasteiger partial charge on any atom is -0.508 e. The molecule has 0 spiro atoms. The maximum Gasteiger partial charge on any atom is 0.233 e. The van der Waals surface area contributed by atoms with Crippen molar-refractivity contribution in [2.24, 2.45) is 23.7 Å². The van der Waals surface area contributed by atoms with Crippen LogP contribution in [0.1, 0.15) is 49.7 Å². The molecule has 1 saturated heterocycles. The summed E-state index contributed by atoms with van der Waals surface area (Å²) in [7, 11) is 0. The van der Waals surface area contributed by atoms with Gasteiger partial charge in [0.15, 0.2) is 0 Å². The summed E-state index contributed by atoms with van der Waals surface area (Å²) in [5.41, 5.74) is 0.928. The Morgan fingerprint density at radius 1 is 0.737 bits per heavy atom. The van der Waals surface area contributed by atoms with Crippen LogP contribution in [0.3, 0.4) is 0 Å². The molecule has 2 amide bonds. The van der Waals surface area contributed by atoms with Crippen molar-refractivity contribution in [1.29, 1.82) is 0 Å². The van der Waals surface area contributed by atoms with E-state index < -0.39 is 29.7 Å². The van der Waals surface area contributed by atoms with Crippen LogP contribution in [-0.2, 0) is 32.0 Å². The molecule has 5 atom stereocenters. The highest BCUT2D eigenvalue weighted by molar-refractivity contribution is 6.11. The minimum absolute atomic E-state index is 0.0162. The van der Waals surface area contributed by atoms with E-state index in [9.17, 15) is 39.6 Å². The van der Waals surface area contributed by atoms with Gasteiger partial charge in [-0.05, 0) is 54.9 Å². The quantitative estimate of drug-likeness (QED) is 0.334. The number of carbonyl (C=O) groups is 4. The number of hydrogen-bond donors (Lipinski definition) is 4. The number of Topliss-reactive ketones (excluding diaryl/α,β-unsaturated/α-hetero) is 2. The first-order chi connectivity index (χ1) is 18.1. The van der Waals surface area contributed by atoms with Gasteiger partial charge in [0, 0.05) is 36.9 Å². The number of hydrogen-bond acceptors (Lipinski definition) is 8. The number of amides is 2. The Bertz CT molecular complexity index is 1200. The number of likely N-dealkylation sites (tertiary alicyclic amines) is 1. The van der Waals surface area contributed by atoms with Crippen molar-refractivity contribution in [1.82, 2.24) is 4.90 Å². The molecular formula is C29H31NO8. The maximum absolute atomic E-state index is 13.5. The molecule has 4 N–H and O–H groups in total. The Morgan fingerprint density at radius 3 is 1.92 bits per heavy atom. The summed E-state index contributed by atoms with van der Waals surface area (Å²) in [4.78, 5) is 54.5. The summed E-state index contributed by atoms with van der Waals surface area (Å²) in [5.74, 6) is -4.21. The first-order valence-electron chi connectivity index (χ1n) is 13.1. The minimum atomic E-state index is -0.898. The summed E-state index contributed by atoms with van der Waals surface area (Å²) in [6.07, 6.45) is 3.00. The lowest BCUT2D eigenvalue weighted by molar-refractivity contribution is -0.148. The summed E-state index contributed by atoms with van der Waals surface area (Å²) in [6.45, 7) is 0. The zero-order valence-electron chi connectivity index (χ0n) is 20.9. The molecule has 3 fully saturated rings. The van der Waals surface area contributed by atoms with E-state index in [4.69, 9.17) is 0 Å². The molecule has 0 aromatic heterocycles. The molecule has 2 aliphatic carbocycles. The molecule has 5 rings (SSSR count). The summed E-state index contributed by atoms with van der Waals surface area (Å²) in [6, 6.07) is 7.74. The lowest BCUT2D eigenvalue weighted by Gasteiger charge is -2.39. The second-order valence-electron chi connectivity index (χ2n) is 10.8. The largest absolute Gasteiger partial charge is 0.508 e. The monoisotopic (exact) mass is 521 g/mol. The van der Waals surface area contributed by atoms with Crippen molar-refractivity contribution in [2.45, 2.75) is 57.4 Å². The number of aromatic hydroxyl groups is 4. The molecule has 0 bridgehead atoms. The highest BCUT2D eigenvalue weighted by atomic mass is 16.3. The van der Waals surface area contributed by atoms with E-state index in [0.717, 1.165) is 12.8 Å². The summed E-state index contributed by atoms with van der Waals surface area (Å²) >= 11 is 0. The van der Waals surface area contributed by atoms with Crippen molar-refractivity contribution in [3.63, 3.8) is 0 Å². The number of phenolic OH excluding ortho intramolecular Hbond substituents is 4. The SMILES string of the molecule is O=C1CC(Cc2ccc(O)cc2O)C(=O)C1C1CCCCC1N1C(=O)CC(Cc2ccc(O)cc2O)C1=O. The van der Waals surface area contributed by atoms with E-state index in [0.29, 0.717) is 24.0 Å². The maximum atomic E-state index is 13.5. The fourth-order valence-electron chi connectivity index (χ4n) is 6.56. The van der Waals surface area contributed by atoms with Crippen LogP contribution in [-0.4, -0.2) is 54.7 Å². The van der Waals surface area contributed by atoms with Gasteiger partial charge in [0.2, 0.25) is 11.8 Å². The van der Waals surface area contributed by atoms with E-state index in [1.54, 1.807) is 0 Å². The number of ketones is 2. The van der Waals surface area contributed by atoms with Gasteiger partial charge in [-0.1, -0.05) is 25.0 Å². The summed E-state index contributed by atoms with van der Waals surface area (Å²) < 4.78 is 0. The Morgan fingerprint density at radius 2 is 1.32 bits per heavy atom. The van der Waals surface area contributed by atoms with Gasteiger partial charge in [-0.2, -0.15) is 0 Å². The molecule has 3 aliphatic rings. The third-order valence-corrected chi connectivity index (χ3v) is 8.39. The fraction of sp³-hybridized carbons (Fsp3) is 0.448. The number of rotatable bonds is 6. The highest BCUT2D eigenvalue weighted by Crippen LogP contribution is 2.43. The second kappa shape index (κ2) is 10.1. The smallest absolute Gasteiger partial charge is 0.233 e. The molecule has 2 saturated carbocycles. The Balaban J connectivity index is 1.34. The van der Waals surface area contributed by atoms with E-state index in [1.807, 2.05) is 0 Å². The van der Waals surface area contributed by atoms with Gasteiger partial charge in [-0.3, -0.25) is 24.1 Å². The van der Waals surface area contributed by atoms with Gasteiger partial charge in [0.05, 0.1) is 11.8 Å². The highest BCUT2D eigenvalue weighted by Gasteiger charge is 2.52. The van der Waals surface area contributed by atoms with Crippen LogP contribution in [0.15, 0.2) is 36.4 Å². The molecule has 1 heterocycles. The third-order valence-electron chi connectivity index (χ3n) is 8.39. The van der Waals surface area contributed by atoms with E-state index in [2.05, 4.69) is 0 Å².